The maximum atomic E-state index is 13.5. The number of nitrogens with zero attached hydrogens (tertiary/aromatic N) is 1. The van der Waals surface area contributed by atoms with E-state index in [0.717, 1.165) is 16.8 Å². The third-order valence-electron chi connectivity index (χ3n) is 6.88. The van der Waals surface area contributed by atoms with Crippen LogP contribution in [0.2, 0.25) is 0 Å². The van der Waals surface area contributed by atoms with E-state index in [9.17, 15) is 14.4 Å². The van der Waals surface area contributed by atoms with Crippen molar-refractivity contribution in [2.45, 2.75) is 58.7 Å². The molecular formula is C21H28N3O3+. The molecule has 144 valence electrons. The van der Waals surface area contributed by atoms with Gasteiger partial charge >= 0.3 is 0 Å². The molecule has 0 saturated carbocycles. The maximum absolute atomic E-state index is 13.5. The van der Waals surface area contributed by atoms with Gasteiger partial charge in [0.1, 0.15) is 17.9 Å². The minimum absolute atomic E-state index is 0.0993. The van der Waals surface area contributed by atoms with Crippen LogP contribution in [0.15, 0.2) is 18.2 Å². The number of nitrogens with two attached hydrogens (primary N) is 1. The Morgan fingerprint density at radius 1 is 1.19 bits per heavy atom. The fourth-order valence-corrected chi connectivity index (χ4v) is 5.31. The number of para-hydroxylation sites is 1. The second-order valence-electron chi connectivity index (χ2n) is 8.62. The zero-order valence-corrected chi connectivity index (χ0v) is 16.6. The predicted molar refractivity (Wildman–Crippen MR) is 101 cm³/mol. The average Bonchev–Trinajstić information content (AvgIpc) is 3.21. The van der Waals surface area contributed by atoms with Crippen molar-refractivity contribution in [2.75, 3.05) is 5.32 Å². The number of imide groups is 1. The minimum Gasteiger partial charge on any atom is -0.326 e. The van der Waals surface area contributed by atoms with Crippen LogP contribution in [0.5, 0.6) is 0 Å². The number of aryl methyl sites for hydroxylation is 1. The Labute approximate surface area is 159 Å². The minimum atomic E-state index is -1.05. The second-order valence-corrected chi connectivity index (χ2v) is 8.62. The highest BCUT2D eigenvalue weighted by molar-refractivity contribution is 6.14. The summed E-state index contributed by atoms with van der Waals surface area (Å²) in [4.78, 5) is 41.5. The number of fused-ring (bicyclic) bond motifs is 4. The monoisotopic (exact) mass is 370 g/mol. The van der Waals surface area contributed by atoms with Crippen molar-refractivity contribution in [2.24, 2.45) is 17.8 Å². The molecule has 1 spiro atoms. The third kappa shape index (κ3) is 2.13. The summed E-state index contributed by atoms with van der Waals surface area (Å²) in [5.41, 5.74) is 1.57. The summed E-state index contributed by atoms with van der Waals surface area (Å²) < 4.78 is 0. The molecule has 3 aliphatic heterocycles. The lowest BCUT2D eigenvalue weighted by molar-refractivity contribution is -0.738. The Balaban J connectivity index is 1.92. The fourth-order valence-electron chi connectivity index (χ4n) is 5.31. The molecule has 5 atom stereocenters. The predicted octanol–water partition coefficient (Wildman–Crippen LogP) is 1.14. The SMILES string of the molecule is CC[C@@H](C)N1C(=O)[C@@H]2[C@@H](C(C)C)[NH2+][C@]3(C(=O)Nc4c(C)cccc43)[C@@H]2C1=O. The lowest BCUT2D eigenvalue weighted by Crippen LogP contribution is -2.99. The lowest BCUT2D eigenvalue weighted by atomic mass is 9.75. The van der Waals surface area contributed by atoms with Crippen LogP contribution in [0.25, 0.3) is 0 Å². The van der Waals surface area contributed by atoms with Crippen molar-refractivity contribution in [3.8, 4) is 0 Å². The Bertz CT molecular complexity index is 849. The van der Waals surface area contributed by atoms with Gasteiger partial charge in [-0.25, -0.2) is 0 Å². The maximum Gasteiger partial charge on any atom is 0.291 e. The summed E-state index contributed by atoms with van der Waals surface area (Å²) in [5, 5.41) is 5.02. The quantitative estimate of drug-likeness (QED) is 0.783. The highest BCUT2D eigenvalue weighted by Crippen LogP contribution is 2.50. The van der Waals surface area contributed by atoms with Crippen LogP contribution in [0.3, 0.4) is 0 Å². The summed E-state index contributed by atoms with van der Waals surface area (Å²) in [6.07, 6.45) is 0.710. The molecular weight excluding hydrogens is 342 g/mol. The van der Waals surface area contributed by atoms with Crippen molar-refractivity contribution < 1.29 is 19.7 Å². The number of benzene rings is 1. The largest absolute Gasteiger partial charge is 0.326 e. The van der Waals surface area contributed by atoms with Gasteiger partial charge in [0.05, 0.1) is 5.69 Å². The van der Waals surface area contributed by atoms with Gasteiger partial charge in [-0.05, 0) is 25.8 Å². The van der Waals surface area contributed by atoms with Gasteiger partial charge in [0, 0.05) is 17.5 Å². The number of likely N-dealkylation sites (tertiary alicyclic amines) is 1. The molecule has 0 aliphatic carbocycles. The van der Waals surface area contributed by atoms with E-state index in [1.54, 1.807) is 0 Å². The first kappa shape index (κ1) is 18.2. The van der Waals surface area contributed by atoms with Crippen LogP contribution in [0, 0.1) is 24.7 Å². The van der Waals surface area contributed by atoms with Gasteiger partial charge in [0.2, 0.25) is 17.4 Å². The lowest BCUT2D eigenvalue weighted by Gasteiger charge is -2.29. The number of hydrogen-bond donors (Lipinski definition) is 2. The molecule has 2 fully saturated rings. The van der Waals surface area contributed by atoms with E-state index in [1.165, 1.54) is 4.90 Å². The van der Waals surface area contributed by atoms with E-state index in [0.29, 0.717) is 6.42 Å². The van der Waals surface area contributed by atoms with E-state index in [4.69, 9.17) is 0 Å². The molecule has 0 unspecified atom stereocenters. The molecule has 3 N–H and O–H groups in total. The standard InChI is InChI=1S/C21H27N3O3/c1-6-12(5)24-18(25)14-15(19(24)26)21(23-16(14)10(2)3)13-9-7-8-11(4)17(13)22-20(21)27/h7-10,12,14-16,23H,6H2,1-5H3,(H,22,27)/p+1/t12-,14+,15+,16-,21+/m1/s1. The molecule has 3 amide bonds. The molecule has 6 heteroatoms. The van der Waals surface area contributed by atoms with Crippen molar-refractivity contribution in [3.05, 3.63) is 29.3 Å². The van der Waals surface area contributed by atoms with E-state index in [-0.39, 0.29) is 35.7 Å². The molecule has 1 aromatic carbocycles. The van der Waals surface area contributed by atoms with Gasteiger partial charge in [0.15, 0.2) is 0 Å². The summed E-state index contributed by atoms with van der Waals surface area (Å²) >= 11 is 0. The van der Waals surface area contributed by atoms with E-state index < -0.39 is 17.4 Å². The van der Waals surface area contributed by atoms with E-state index in [1.807, 2.05) is 44.3 Å². The van der Waals surface area contributed by atoms with Crippen LogP contribution in [-0.2, 0) is 19.9 Å². The topological polar surface area (TPSA) is 83.1 Å². The number of carbonyl (C=O) groups excluding carboxylic acids is 3. The number of nitrogens with one attached hydrogen (secondary N) is 1. The van der Waals surface area contributed by atoms with Crippen molar-refractivity contribution in [3.63, 3.8) is 0 Å². The highest BCUT2D eigenvalue weighted by atomic mass is 16.2. The first-order valence-electron chi connectivity index (χ1n) is 9.90. The number of rotatable bonds is 3. The van der Waals surface area contributed by atoms with Gasteiger partial charge < -0.3 is 10.6 Å². The van der Waals surface area contributed by atoms with Crippen LogP contribution < -0.4 is 10.6 Å². The first-order chi connectivity index (χ1) is 12.8. The number of quaternary nitrogens is 1. The van der Waals surface area contributed by atoms with Crippen LogP contribution >= 0.6 is 0 Å². The molecule has 0 bridgehead atoms. The molecule has 3 heterocycles. The number of carbonyl (C=O) groups is 3. The van der Waals surface area contributed by atoms with Gasteiger partial charge in [-0.15, -0.1) is 0 Å². The number of hydrogen-bond acceptors (Lipinski definition) is 3. The molecule has 0 aromatic heterocycles. The summed E-state index contributed by atoms with van der Waals surface area (Å²) in [6, 6.07) is 5.56. The normalized spacial score (nSPS) is 33.0. The molecule has 0 radical (unpaired) electrons. The van der Waals surface area contributed by atoms with E-state index >= 15 is 0 Å². The molecule has 2 saturated heterocycles. The van der Waals surface area contributed by atoms with Crippen molar-refractivity contribution in [1.82, 2.24) is 4.90 Å². The fraction of sp³-hybridized carbons (Fsp3) is 0.571. The first-order valence-corrected chi connectivity index (χ1v) is 9.90. The summed E-state index contributed by atoms with van der Waals surface area (Å²) in [7, 11) is 0. The molecule has 4 rings (SSSR count). The Kier molecular flexibility index (Phi) is 3.97. The smallest absolute Gasteiger partial charge is 0.291 e. The van der Waals surface area contributed by atoms with Gasteiger partial charge in [-0.1, -0.05) is 39.0 Å². The van der Waals surface area contributed by atoms with Crippen molar-refractivity contribution >= 4 is 23.4 Å². The molecule has 1 aromatic rings. The third-order valence-corrected chi connectivity index (χ3v) is 6.88. The summed E-state index contributed by atoms with van der Waals surface area (Å²) in [6.45, 7) is 9.96. The summed E-state index contributed by atoms with van der Waals surface area (Å²) in [5.74, 6) is -1.40. The zero-order valence-electron chi connectivity index (χ0n) is 16.6. The number of amides is 3. The molecule has 6 nitrogen and oxygen atoms in total. The molecule has 3 aliphatic rings. The van der Waals surface area contributed by atoms with Crippen LogP contribution in [0.4, 0.5) is 5.69 Å². The second kappa shape index (κ2) is 5.89. The van der Waals surface area contributed by atoms with Crippen LogP contribution in [0.1, 0.15) is 45.2 Å². The average molecular weight is 370 g/mol. The Morgan fingerprint density at radius 2 is 1.89 bits per heavy atom. The van der Waals surface area contributed by atoms with Gasteiger partial charge in [-0.2, -0.15) is 0 Å². The number of anilines is 1. The van der Waals surface area contributed by atoms with Crippen molar-refractivity contribution in [1.29, 1.82) is 0 Å². The Hall–Kier alpha value is -2.21. The zero-order chi connectivity index (χ0) is 19.7. The highest BCUT2D eigenvalue weighted by Gasteiger charge is 2.74. The molecule has 27 heavy (non-hydrogen) atoms. The van der Waals surface area contributed by atoms with Gasteiger partial charge in [-0.3, -0.25) is 19.3 Å². The van der Waals surface area contributed by atoms with E-state index in [2.05, 4.69) is 19.2 Å². The Morgan fingerprint density at radius 3 is 2.52 bits per heavy atom. The van der Waals surface area contributed by atoms with Crippen LogP contribution in [-0.4, -0.2) is 34.7 Å². The van der Waals surface area contributed by atoms with Gasteiger partial charge in [0.25, 0.3) is 5.91 Å².